The maximum Gasteiger partial charge on any atom is 0.404 e. The van der Waals surface area contributed by atoms with Gasteiger partial charge < -0.3 is 54.8 Å². The fraction of sp³-hybridized carbons (Fsp3) is 0.621. The Morgan fingerprint density at radius 2 is 1.54 bits per heavy atom. The van der Waals surface area contributed by atoms with Gasteiger partial charge in [-0.2, -0.15) is 0 Å². The van der Waals surface area contributed by atoms with Gasteiger partial charge in [-0.3, -0.25) is 28.8 Å². The largest absolute Gasteiger partial charge is 0.463 e. The zero-order valence-corrected chi connectivity index (χ0v) is 27.5. The van der Waals surface area contributed by atoms with Crippen molar-refractivity contribution in [1.82, 2.24) is 10.2 Å². The van der Waals surface area contributed by atoms with Crippen LogP contribution in [0.15, 0.2) is 22.5 Å². The molecule has 5 N–H and O–H groups in total. The number of hydrogen-bond acceptors (Lipinski definition) is 18. The minimum atomic E-state index is -1.42. The molecule has 9 atom stereocenters. The smallest absolute Gasteiger partial charge is 0.404 e. The van der Waals surface area contributed by atoms with Crippen LogP contribution in [0.1, 0.15) is 27.7 Å². The Labute approximate surface area is 278 Å². The van der Waals surface area contributed by atoms with E-state index in [0.717, 1.165) is 39.5 Å². The highest BCUT2D eigenvalue weighted by Gasteiger charge is 2.72. The van der Waals surface area contributed by atoms with Crippen LogP contribution in [-0.4, -0.2) is 127 Å². The number of primary amides is 1. The minimum Gasteiger partial charge on any atom is -0.463 e. The van der Waals surface area contributed by atoms with Gasteiger partial charge in [-0.05, 0) is 0 Å². The highest BCUT2D eigenvalue weighted by Crippen LogP contribution is 2.55. The van der Waals surface area contributed by atoms with Crippen molar-refractivity contribution in [3.8, 4) is 0 Å². The fourth-order valence-electron chi connectivity index (χ4n) is 6.87. The second-order valence-electron chi connectivity index (χ2n) is 11.7. The molecule has 0 unspecified atom stereocenters. The molecule has 0 bridgehead atoms. The van der Waals surface area contributed by atoms with Crippen molar-refractivity contribution in [2.75, 3.05) is 32.6 Å². The van der Waals surface area contributed by atoms with Gasteiger partial charge in [-0.25, -0.2) is 4.79 Å². The van der Waals surface area contributed by atoms with E-state index in [1.807, 2.05) is 0 Å². The second-order valence-corrected chi connectivity index (χ2v) is 12.8. The van der Waals surface area contributed by atoms with E-state index >= 15 is 0 Å². The van der Waals surface area contributed by atoms with Gasteiger partial charge in [0.25, 0.3) is 0 Å². The van der Waals surface area contributed by atoms with Crippen LogP contribution in [0.25, 0.3) is 0 Å². The molecular formula is C29H36N4O14S. The number of carbonyl (C=O) groups is 7. The van der Waals surface area contributed by atoms with E-state index in [1.165, 1.54) is 7.11 Å². The molecule has 48 heavy (non-hydrogen) atoms. The Balaban J connectivity index is 1.46. The van der Waals surface area contributed by atoms with Gasteiger partial charge in [0.15, 0.2) is 24.0 Å². The number of amides is 1. The first-order valence-corrected chi connectivity index (χ1v) is 15.9. The zero-order chi connectivity index (χ0) is 35.2. The maximum atomic E-state index is 14.2. The van der Waals surface area contributed by atoms with Crippen LogP contribution < -0.4 is 16.8 Å². The predicted octanol–water partition coefficient (Wildman–Crippen LogP) is -1.85. The first-order chi connectivity index (χ1) is 22.6. The molecule has 0 radical (unpaired) electrons. The molecule has 19 heteroatoms. The number of ketones is 2. The van der Waals surface area contributed by atoms with Gasteiger partial charge in [0.05, 0.1) is 23.4 Å². The molecule has 0 aromatic carbocycles. The van der Waals surface area contributed by atoms with Crippen molar-refractivity contribution >= 4 is 53.3 Å². The van der Waals surface area contributed by atoms with Crippen LogP contribution >= 0.6 is 11.8 Å². The zero-order valence-electron chi connectivity index (χ0n) is 26.7. The SMILES string of the molecule is CO[C@@]12[C@H](COC(N)=O)C3=C(C(=O)C(CS[C@@H]4O[C@H](COC(C)=O)[C@@H](OC(C)=O)[C@H](OC(C)=O)[C@H]4OC(C)=O)=C(N)C3=O)N1C[C@@H]1N[C@@H]12. The lowest BCUT2D eigenvalue weighted by atomic mass is 9.82. The number of nitrogens with one attached hydrogen (secondary N) is 1. The highest BCUT2D eigenvalue weighted by atomic mass is 32.2. The van der Waals surface area contributed by atoms with E-state index in [0.29, 0.717) is 6.54 Å². The predicted molar refractivity (Wildman–Crippen MR) is 159 cm³/mol. The molecule has 0 aromatic heterocycles. The van der Waals surface area contributed by atoms with Crippen molar-refractivity contribution in [3.63, 3.8) is 0 Å². The summed E-state index contributed by atoms with van der Waals surface area (Å²) in [4.78, 5) is 89.4. The average Bonchev–Trinajstić information content (AvgIpc) is 3.61. The summed E-state index contributed by atoms with van der Waals surface area (Å²) in [5, 5.41) is 3.26. The third-order valence-electron chi connectivity index (χ3n) is 8.67. The van der Waals surface area contributed by atoms with Crippen LogP contribution in [0.3, 0.4) is 0 Å². The summed E-state index contributed by atoms with van der Waals surface area (Å²) in [6.45, 7) is 3.99. The normalized spacial score (nSPS) is 33.4. The van der Waals surface area contributed by atoms with E-state index < -0.39 is 89.6 Å². The van der Waals surface area contributed by atoms with Crippen molar-refractivity contribution in [2.45, 2.75) is 75.4 Å². The third-order valence-corrected chi connectivity index (χ3v) is 9.83. The molecule has 4 aliphatic heterocycles. The molecule has 18 nitrogen and oxygen atoms in total. The van der Waals surface area contributed by atoms with Crippen molar-refractivity contribution < 1.29 is 66.7 Å². The number of carbonyl (C=O) groups excluding carboxylic acids is 7. The molecule has 262 valence electrons. The number of allylic oxidation sites excluding steroid dienone is 2. The molecule has 3 fully saturated rings. The van der Waals surface area contributed by atoms with Crippen LogP contribution in [0, 0.1) is 5.92 Å². The Morgan fingerprint density at radius 1 is 0.917 bits per heavy atom. The Morgan fingerprint density at radius 3 is 2.12 bits per heavy atom. The molecule has 0 aromatic rings. The summed E-state index contributed by atoms with van der Waals surface area (Å²) in [5.41, 5.74) is 8.74. The number of fused-ring (bicyclic) bond motifs is 4. The minimum absolute atomic E-state index is 0.0359. The number of nitrogens with two attached hydrogens (primary N) is 2. The fourth-order valence-corrected chi connectivity index (χ4v) is 8.11. The van der Waals surface area contributed by atoms with E-state index in [2.05, 4.69) is 5.32 Å². The monoisotopic (exact) mass is 696 g/mol. The lowest BCUT2D eigenvalue weighted by molar-refractivity contribution is -0.237. The third kappa shape index (κ3) is 6.22. The van der Waals surface area contributed by atoms with Gasteiger partial charge in [0, 0.05) is 64.3 Å². The van der Waals surface area contributed by atoms with Gasteiger partial charge in [0.2, 0.25) is 11.6 Å². The molecule has 0 saturated carbocycles. The summed E-state index contributed by atoms with van der Waals surface area (Å²) in [7, 11) is 1.43. The van der Waals surface area contributed by atoms with E-state index in [1.54, 1.807) is 4.90 Å². The van der Waals surface area contributed by atoms with Crippen LogP contribution in [0.5, 0.6) is 0 Å². The van der Waals surface area contributed by atoms with Crippen molar-refractivity contribution in [1.29, 1.82) is 0 Å². The molecular weight excluding hydrogens is 660 g/mol. The molecule has 5 rings (SSSR count). The van der Waals surface area contributed by atoms with E-state index in [-0.39, 0.29) is 47.0 Å². The van der Waals surface area contributed by atoms with Crippen molar-refractivity contribution in [2.24, 2.45) is 17.4 Å². The Kier molecular flexibility index (Phi) is 9.78. The lowest BCUT2D eigenvalue weighted by Crippen LogP contribution is -2.61. The number of ether oxygens (including phenoxy) is 7. The number of nitrogens with zero attached hydrogens (tertiary/aromatic N) is 1. The quantitative estimate of drug-likeness (QED) is 0.0926. The van der Waals surface area contributed by atoms with Crippen molar-refractivity contribution in [3.05, 3.63) is 22.5 Å². The lowest BCUT2D eigenvalue weighted by Gasteiger charge is -2.44. The Bertz CT molecular complexity index is 1510. The first-order valence-electron chi connectivity index (χ1n) is 14.9. The highest BCUT2D eigenvalue weighted by molar-refractivity contribution is 8.00. The summed E-state index contributed by atoms with van der Waals surface area (Å²) >= 11 is 0.889. The molecule has 0 spiro atoms. The standard InChI is InChI=1S/C29H36N4O14S/c1-10(34)42-8-17-23(44-11(2)35)24(45-12(3)36)25(46-13(4)37)27(47-17)48-9-14-19(30)22(39)18-15(7-43-28(31)40)29(41-5)26-16(32-26)6-33(29)20(18)21(14)38/h15-17,23-27,32H,6-9,30H2,1-5H3,(H2,31,40)/t15-,16+,17-,23-,24+,25-,26+,27+,29-/m1/s1. The Hall–Kier alpha value is -4.20. The van der Waals surface area contributed by atoms with E-state index in [9.17, 15) is 33.6 Å². The summed E-state index contributed by atoms with van der Waals surface area (Å²) in [5.74, 6) is -5.46. The van der Waals surface area contributed by atoms with E-state index in [4.69, 9.17) is 44.6 Å². The summed E-state index contributed by atoms with van der Waals surface area (Å²) in [6, 6.07) is -0.316. The van der Waals surface area contributed by atoms with Gasteiger partial charge in [-0.1, -0.05) is 0 Å². The van der Waals surface area contributed by atoms with Gasteiger partial charge in [0.1, 0.15) is 24.8 Å². The molecule has 3 saturated heterocycles. The number of piperazine rings is 1. The second kappa shape index (κ2) is 13.4. The van der Waals surface area contributed by atoms with Crippen LogP contribution in [0.4, 0.5) is 4.79 Å². The molecule has 5 aliphatic rings. The summed E-state index contributed by atoms with van der Waals surface area (Å²) in [6.07, 6.45) is -6.45. The number of methoxy groups -OCH3 is 1. The topological polar surface area (TPSA) is 261 Å². The number of esters is 4. The molecule has 4 heterocycles. The van der Waals surface area contributed by atoms with Crippen LogP contribution in [0.2, 0.25) is 0 Å². The van der Waals surface area contributed by atoms with Gasteiger partial charge in [-0.15, -0.1) is 11.8 Å². The first kappa shape index (κ1) is 35.1. The molecule has 1 amide bonds. The van der Waals surface area contributed by atoms with Crippen LogP contribution in [-0.2, 0) is 61.9 Å². The number of hydrogen-bond donors (Lipinski definition) is 3. The average molecular weight is 697 g/mol. The maximum absolute atomic E-state index is 14.2. The number of thioether (sulfide) groups is 1. The van der Waals surface area contributed by atoms with Gasteiger partial charge >= 0.3 is 30.0 Å². The number of Topliss-reactive ketones (excluding diaryl/α,β-unsaturated/α-hetero) is 2. The molecule has 1 aliphatic carbocycles. The number of rotatable bonds is 11. The summed E-state index contributed by atoms with van der Waals surface area (Å²) < 4.78 is 38.6.